The van der Waals surface area contributed by atoms with Crippen LogP contribution in [0.4, 0.5) is 5.69 Å². The largest absolute Gasteiger partial charge is 0.481 e. The maximum Gasteiger partial charge on any atom is 0.310 e. The number of hydrogen-bond donors (Lipinski definition) is 2. The van der Waals surface area contributed by atoms with E-state index in [1.165, 1.54) is 5.56 Å². The van der Waals surface area contributed by atoms with Crippen molar-refractivity contribution in [1.82, 2.24) is 0 Å². The lowest BCUT2D eigenvalue weighted by molar-refractivity contribution is -0.157. The molecule has 4 nitrogen and oxygen atoms in total. The van der Waals surface area contributed by atoms with Gasteiger partial charge < -0.3 is 10.4 Å². The highest BCUT2D eigenvalue weighted by molar-refractivity contribution is 7.99. The van der Waals surface area contributed by atoms with Gasteiger partial charge in [-0.25, -0.2) is 0 Å². The summed E-state index contributed by atoms with van der Waals surface area (Å²) in [5, 5.41) is 12.8. The molecule has 1 aliphatic carbocycles. The summed E-state index contributed by atoms with van der Waals surface area (Å²) >= 11 is 1.86. The average Bonchev–Trinajstić information content (AvgIpc) is 2.43. The van der Waals surface area contributed by atoms with E-state index in [9.17, 15) is 14.7 Å². The number of thioether (sulfide) groups is 1. The molecule has 126 valence electrons. The van der Waals surface area contributed by atoms with E-state index in [-0.39, 0.29) is 12.3 Å². The summed E-state index contributed by atoms with van der Waals surface area (Å²) in [6.45, 7) is 6.33. The predicted octanol–water partition coefficient (Wildman–Crippen LogP) is 4.22. The van der Waals surface area contributed by atoms with Crippen molar-refractivity contribution < 1.29 is 14.7 Å². The number of carboxylic acids is 1. The van der Waals surface area contributed by atoms with Gasteiger partial charge in [-0.15, -0.1) is 0 Å². The first-order valence-electron chi connectivity index (χ1n) is 8.07. The topological polar surface area (TPSA) is 66.4 Å². The second kappa shape index (κ2) is 7.39. The van der Waals surface area contributed by atoms with Crippen LogP contribution >= 0.6 is 11.8 Å². The second-order valence-electron chi connectivity index (χ2n) is 6.61. The minimum atomic E-state index is -0.849. The first kappa shape index (κ1) is 17.9. The van der Waals surface area contributed by atoms with Gasteiger partial charge in [0.05, 0.1) is 5.41 Å². The zero-order valence-electron chi connectivity index (χ0n) is 14.0. The highest BCUT2D eigenvalue weighted by atomic mass is 32.2. The van der Waals surface area contributed by atoms with Gasteiger partial charge in [-0.05, 0) is 42.2 Å². The summed E-state index contributed by atoms with van der Waals surface area (Å²) < 4.78 is 0. The van der Waals surface area contributed by atoms with E-state index in [4.69, 9.17) is 0 Å². The third-order valence-electron chi connectivity index (χ3n) is 4.56. The first-order valence-corrected chi connectivity index (χ1v) is 9.12. The van der Waals surface area contributed by atoms with Gasteiger partial charge in [0, 0.05) is 17.9 Å². The molecule has 0 aliphatic heterocycles. The van der Waals surface area contributed by atoms with Crippen molar-refractivity contribution in [2.24, 2.45) is 5.41 Å². The molecular weight excluding hydrogens is 310 g/mol. The van der Waals surface area contributed by atoms with Gasteiger partial charge in [-0.2, -0.15) is 11.8 Å². The molecule has 0 heterocycles. The first-order chi connectivity index (χ1) is 10.8. The number of nitrogens with one attached hydrogen (secondary N) is 1. The molecule has 0 saturated heterocycles. The lowest BCUT2D eigenvalue weighted by Crippen LogP contribution is -2.41. The highest BCUT2D eigenvalue weighted by Gasteiger charge is 2.45. The third-order valence-corrected chi connectivity index (χ3v) is 5.70. The summed E-state index contributed by atoms with van der Waals surface area (Å²) in [4.78, 5) is 23.7. The molecule has 0 aromatic heterocycles. The lowest BCUT2D eigenvalue weighted by atomic mass is 9.66. The molecule has 0 unspecified atom stereocenters. The Labute approximate surface area is 142 Å². The lowest BCUT2D eigenvalue weighted by Gasteiger charge is -2.37. The molecule has 0 spiro atoms. The SMILES string of the molecule is Cc1c(CSC(C)C)cccc1NC(=O)CC1(C(=O)O)CCC1. The van der Waals surface area contributed by atoms with E-state index in [0.29, 0.717) is 18.1 Å². The zero-order chi connectivity index (χ0) is 17.0. The molecule has 0 atom stereocenters. The van der Waals surface area contributed by atoms with Gasteiger partial charge in [-0.1, -0.05) is 32.4 Å². The molecule has 23 heavy (non-hydrogen) atoms. The number of rotatable bonds is 7. The minimum Gasteiger partial charge on any atom is -0.481 e. The Morgan fingerprint density at radius 2 is 2.04 bits per heavy atom. The molecule has 1 aliphatic rings. The molecule has 2 rings (SSSR count). The summed E-state index contributed by atoms with van der Waals surface area (Å²) in [5.74, 6) is -0.145. The van der Waals surface area contributed by atoms with Crippen LogP contribution in [0.1, 0.15) is 50.7 Å². The molecule has 5 heteroatoms. The number of carbonyl (C=O) groups excluding carboxylic acids is 1. The normalized spacial score (nSPS) is 16.0. The number of carboxylic acid groups (broad SMARTS) is 1. The standard InChI is InChI=1S/C18H25NO3S/c1-12(2)23-11-14-6-4-7-15(13(14)3)19-16(20)10-18(17(21)22)8-5-9-18/h4,6-7,12H,5,8-11H2,1-3H3,(H,19,20)(H,21,22). The summed E-state index contributed by atoms with van der Waals surface area (Å²) in [7, 11) is 0. The Hall–Kier alpha value is -1.49. The second-order valence-corrected chi connectivity index (χ2v) is 8.18. The van der Waals surface area contributed by atoms with E-state index in [2.05, 4.69) is 25.2 Å². The van der Waals surface area contributed by atoms with Gasteiger partial charge in [0.2, 0.25) is 5.91 Å². The van der Waals surface area contributed by atoms with Crippen LogP contribution in [-0.4, -0.2) is 22.2 Å². The maximum atomic E-state index is 12.3. The van der Waals surface area contributed by atoms with Crippen molar-refractivity contribution in [3.8, 4) is 0 Å². The zero-order valence-corrected chi connectivity index (χ0v) is 14.8. The number of hydrogen-bond acceptors (Lipinski definition) is 3. The minimum absolute atomic E-state index is 0.0622. The molecule has 2 N–H and O–H groups in total. The average molecular weight is 335 g/mol. The van der Waals surface area contributed by atoms with E-state index in [0.717, 1.165) is 23.4 Å². The summed E-state index contributed by atoms with van der Waals surface area (Å²) in [6, 6.07) is 5.89. The Balaban J connectivity index is 2.03. The van der Waals surface area contributed by atoms with E-state index in [1.807, 2.05) is 30.8 Å². The molecule has 0 radical (unpaired) electrons. The van der Waals surface area contributed by atoms with Crippen LogP contribution < -0.4 is 5.32 Å². The van der Waals surface area contributed by atoms with Crippen LogP contribution in [-0.2, 0) is 15.3 Å². The van der Waals surface area contributed by atoms with Crippen LogP contribution in [0.15, 0.2) is 18.2 Å². The summed E-state index contributed by atoms with van der Waals surface area (Å²) in [5.41, 5.74) is 2.21. The smallest absolute Gasteiger partial charge is 0.310 e. The summed E-state index contributed by atoms with van der Waals surface area (Å²) in [6.07, 6.45) is 2.15. The van der Waals surface area contributed by atoms with Crippen LogP contribution in [0.3, 0.4) is 0 Å². The third kappa shape index (κ3) is 4.28. The van der Waals surface area contributed by atoms with E-state index in [1.54, 1.807) is 0 Å². The van der Waals surface area contributed by atoms with Gasteiger partial charge in [0.25, 0.3) is 0 Å². The molecule has 1 amide bonds. The number of benzene rings is 1. The van der Waals surface area contributed by atoms with Gasteiger partial charge in [0.15, 0.2) is 0 Å². The Morgan fingerprint density at radius 3 is 2.57 bits per heavy atom. The molecular formula is C18H25NO3S. The predicted molar refractivity (Wildman–Crippen MR) is 94.8 cm³/mol. The van der Waals surface area contributed by atoms with Crippen molar-refractivity contribution in [3.05, 3.63) is 29.3 Å². The van der Waals surface area contributed by atoms with Crippen molar-refractivity contribution in [2.45, 2.75) is 57.5 Å². The van der Waals surface area contributed by atoms with Gasteiger partial charge in [0.1, 0.15) is 0 Å². The van der Waals surface area contributed by atoms with Crippen LogP contribution in [0, 0.1) is 12.3 Å². The van der Waals surface area contributed by atoms with Crippen molar-refractivity contribution in [3.63, 3.8) is 0 Å². The van der Waals surface area contributed by atoms with Crippen LogP contribution in [0.5, 0.6) is 0 Å². The van der Waals surface area contributed by atoms with Crippen LogP contribution in [0.25, 0.3) is 0 Å². The Morgan fingerprint density at radius 1 is 1.35 bits per heavy atom. The van der Waals surface area contributed by atoms with Gasteiger partial charge in [-0.3, -0.25) is 9.59 Å². The highest BCUT2D eigenvalue weighted by Crippen LogP contribution is 2.44. The molecule has 1 aromatic carbocycles. The fraction of sp³-hybridized carbons (Fsp3) is 0.556. The molecule has 1 fully saturated rings. The molecule has 1 saturated carbocycles. The van der Waals surface area contributed by atoms with E-state index >= 15 is 0 Å². The Bertz CT molecular complexity index is 594. The maximum absolute atomic E-state index is 12.3. The number of amides is 1. The quantitative estimate of drug-likeness (QED) is 0.783. The van der Waals surface area contributed by atoms with Crippen molar-refractivity contribution in [2.75, 3.05) is 5.32 Å². The molecule has 1 aromatic rings. The number of aliphatic carboxylic acids is 1. The number of carbonyl (C=O) groups is 2. The van der Waals surface area contributed by atoms with Crippen molar-refractivity contribution >= 4 is 29.3 Å². The fourth-order valence-corrected chi connectivity index (χ4v) is 3.63. The van der Waals surface area contributed by atoms with Gasteiger partial charge >= 0.3 is 5.97 Å². The molecule has 0 bridgehead atoms. The van der Waals surface area contributed by atoms with Crippen molar-refractivity contribution in [1.29, 1.82) is 0 Å². The monoisotopic (exact) mass is 335 g/mol. The number of anilines is 1. The van der Waals surface area contributed by atoms with Crippen LogP contribution in [0.2, 0.25) is 0 Å². The fourth-order valence-electron chi connectivity index (χ4n) is 2.80. The van der Waals surface area contributed by atoms with E-state index < -0.39 is 11.4 Å². The Kier molecular flexibility index (Phi) is 5.74.